The van der Waals surface area contributed by atoms with Crippen LogP contribution in [-0.4, -0.2) is 34.1 Å². The van der Waals surface area contributed by atoms with Crippen molar-refractivity contribution in [3.05, 3.63) is 42.4 Å². The van der Waals surface area contributed by atoms with Gasteiger partial charge < -0.3 is 15.3 Å². The highest BCUT2D eigenvalue weighted by Gasteiger charge is 2.19. The van der Waals surface area contributed by atoms with Crippen LogP contribution < -0.4 is 10.2 Å². The van der Waals surface area contributed by atoms with Crippen LogP contribution in [0.4, 0.5) is 11.5 Å². The Morgan fingerprint density at radius 2 is 2.00 bits per heavy atom. The van der Waals surface area contributed by atoms with Crippen molar-refractivity contribution in [3.63, 3.8) is 0 Å². The molecule has 2 heterocycles. The molecule has 0 bridgehead atoms. The van der Waals surface area contributed by atoms with Crippen molar-refractivity contribution in [2.75, 3.05) is 23.3 Å². The lowest BCUT2D eigenvalue weighted by Crippen LogP contribution is -2.22. The van der Waals surface area contributed by atoms with Crippen LogP contribution in [-0.2, 0) is 0 Å². The van der Waals surface area contributed by atoms with E-state index in [-0.39, 0.29) is 17.2 Å². The van der Waals surface area contributed by atoms with E-state index in [0.29, 0.717) is 5.69 Å². The van der Waals surface area contributed by atoms with Gasteiger partial charge in [0, 0.05) is 13.1 Å². The predicted octanol–water partition coefficient (Wildman–Crippen LogP) is 2.03. The van der Waals surface area contributed by atoms with Crippen molar-refractivity contribution in [1.82, 2.24) is 9.97 Å². The molecule has 0 aliphatic carbocycles. The minimum absolute atomic E-state index is 0.0467. The number of nitrogens with one attached hydrogen (secondary N) is 1. The molecular weight excluding hydrogens is 268 g/mol. The molecule has 0 saturated carbocycles. The maximum Gasteiger partial charge on any atom is 0.259 e. The number of hydrogen-bond donors (Lipinski definition) is 2. The summed E-state index contributed by atoms with van der Waals surface area (Å²) in [6.07, 6.45) is 5.30. The van der Waals surface area contributed by atoms with Crippen LogP contribution in [0.25, 0.3) is 0 Å². The molecule has 1 amide bonds. The van der Waals surface area contributed by atoms with E-state index < -0.39 is 0 Å². The number of amides is 1. The summed E-state index contributed by atoms with van der Waals surface area (Å²) in [4.78, 5) is 22.6. The van der Waals surface area contributed by atoms with Crippen LogP contribution in [0.3, 0.4) is 0 Å². The van der Waals surface area contributed by atoms with E-state index in [1.54, 1.807) is 24.4 Å². The smallest absolute Gasteiger partial charge is 0.259 e. The van der Waals surface area contributed by atoms with Gasteiger partial charge in [0.15, 0.2) is 5.82 Å². The fourth-order valence-corrected chi connectivity index (χ4v) is 2.45. The third-order valence-corrected chi connectivity index (χ3v) is 3.49. The summed E-state index contributed by atoms with van der Waals surface area (Å²) in [6, 6.07) is 6.44. The fourth-order valence-electron chi connectivity index (χ4n) is 2.45. The number of benzene rings is 1. The molecule has 1 aliphatic heterocycles. The number of rotatable bonds is 3. The molecule has 1 aliphatic rings. The molecule has 2 aromatic rings. The van der Waals surface area contributed by atoms with E-state index in [1.165, 1.54) is 12.4 Å². The Labute approximate surface area is 122 Å². The number of phenolic OH excluding ortho intramolecular Hbond substituents is 1. The van der Waals surface area contributed by atoms with Gasteiger partial charge in [0.25, 0.3) is 5.91 Å². The molecule has 1 aromatic heterocycles. The third kappa shape index (κ3) is 2.79. The van der Waals surface area contributed by atoms with E-state index in [4.69, 9.17) is 0 Å². The molecule has 0 radical (unpaired) electrons. The first-order valence-electron chi connectivity index (χ1n) is 6.90. The number of phenols is 1. The van der Waals surface area contributed by atoms with Crippen molar-refractivity contribution in [2.45, 2.75) is 12.8 Å². The van der Waals surface area contributed by atoms with Crippen molar-refractivity contribution in [2.24, 2.45) is 0 Å². The zero-order valence-corrected chi connectivity index (χ0v) is 11.5. The Balaban J connectivity index is 1.85. The molecule has 1 aromatic carbocycles. The van der Waals surface area contributed by atoms with Gasteiger partial charge in [0.05, 0.1) is 11.8 Å². The summed E-state index contributed by atoms with van der Waals surface area (Å²) in [7, 11) is 0. The topological polar surface area (TPSA) is 78.4 Å². The van der Waals surface area contributed by atoms with Crippen LogP contribution in [0, 0.1) is 0 Å². The van der Waals surface area contributed by atoms with Gasteiger partial charge in [0.2, 0.25) is 0 Å². The molecule has 0 unspecified atom stereocenters. The standard InChI is InChI=1S/C15H16N4O2/c20-13-6-2-1-5-11(13)15(21)18-12-9-16-10-17-14(12)19-7-3-4-8-19/h1-2,5-6,9-10,20H,3-4,7-8H2,(H,18,21). The highest BCUT2D eigenvalue weighted by Crippen LogP contribution is 2.26. The molecule has 3 rings (SSSR count). The molecule has 0 atom stereocenters. The van der Waals surface area contributed by atoms with Gasteiger partial charge in [-0.2, -0.15) is 0 Å². The number of carbonyl (C=O) groups excluding carboxylic acids is 1. The summed E-state index contributed by atoms with van der Waals surface area (Å²) in [6.45, 7) is 1.85. The van der Waals surface area contributed by atoms with Gasteiger partial charge in [-0.15, -0.1) is 0 Å². The molecule has 6 heteroatoms. The molecule has 21 heavy (non-hydrogen) atoms. The Kier molecular flexibility index (Phi) is 3.68. The summed E-state index contributed by atoms with van der Waals surface area (Å²) in [5, 5.41) is 12.5. The summed E-state index contributed by atoms with van der Waals surface area (Å²) in [5.74, 6) is 0.309. The lowest BCUT2D eigenvalue weighted by molar-refractivity contribution is 0.102. The molecular formula is C15H16N4O2. The van der Waals surface area contributed by atoms with Crippen LogP contribution in [0.5, 0.6) is 5.75 Å². The number of para-hydroxylation sites is 1. The minimum atomic E-state index is -0.372. The largest absolute Gasteiger partial charge is 0.507 e. The van der Waals surface area contributed by atoms with Gasteiger partial charge in [0.1, 0.15) is 17.8 Å². The summed E-state index contributed by atoms with van der Waals surface area (Å²) >= 11 is 0. The molecule has 108 valence electrons. The Morgan fingerprint density at radius 1 is 1.24 bits per heavy atom. The summed E-state index contributed by atoms with van der Waals surface area (Å²) < 4.78 is 0. The van der Waals surface area contributed by atoms with E-state index in [1.807, 2.05) is 0 Å². The first kappa shape index (κ1) is 13.4. The maximum atomic E-state index is 12.3. The molecule has 1 fully saturated rings. The van der Waals surface area contributed by atoms with Gasteiger partial charge in [-0.1, -0.05) is 12.1 Å². The average molecular weight is 284 g/mol. The quantitative estimate of drug-likeness (QED) is 0.901. The number of nitrogens with zero attached hydrogens (tertiary/aromatic N) is 3. The predicted molar refractivity (Wildman–Crippen MR) is 79.5 cm³/mol. The molecule has 0 spiro atoms. The monoisotopic (exact) mass is 284 g/mol. The number of carbonyl (C=O) groups is 1. The van der Waals surface area contributed by atoms with E-state index in [9.17, 15) is 9.90 Å². The lowest BCUT2D eigenvalue weighted by atomic mass is 10.2. The second kappa shape index (κ2) is 5.78. The highest BCUT2D eigenvalue weighted by atomic mass is 16.3. The van der Waals surface area contributed by atoms with Gasteiger partial charge in [-0.3, -0.25) is 4.79 Å². The van der Waals surface area contributed by atoms with Crippen molar-refractivity contribution < 1.29 is 9.90 Å². The van der Waals surface area contributed by atoms with Crippen LogP contribution >= 0.6 is 0 Å². The third-order valence-electron chi connectivity index (χ3n) is 3.49. The number of hydrogen-bond acceptors (Lipinski definition) is 5. The van der Waals surface area contributed by atoms with E-state index >= 15 is 0 Å². The normalized spacial score (nSPS) is 14.2. The first-order valence-corrected chi connectivity index (χ1v) is 6.90. The van der Waals surface area contributed by atoms with E-state index in [2.05, 4.69) is 20.2 Å². The Bertz CT molecular complexity index is 654. The van der Waals surface area contributed by atoms with E-state index in [0.717, 1.165) is 31.7 Å². The SMILES string of the molecule is O=C(Nc1cncnc1N1CCCC1)c1ccccc1O. The average Bonchev–Trinajstić information content (AvgIpc) is 3.02. The zero-order valence-electron chi connectivity index (χ0n) is 11.5. The second-order valence-electron chi connectivity index (χ2n) is 4.93. The highest BCUT2D eigenvalue weighted by molar-refractivity contribution is 6.07. The summed E-state index contributed by atoms with van der Waals surface area (Å²) in [5.41, 5.74) is 0.793. The second-order valence-corrected chi connectivity index (χ2v) is 4.93. The number of anilines is 2. The van der Waals surface area contributed by atoms with Gasteiger partial charge in [-0.05, 0) is 25.0 Å². The van der Waals surface area contributed by atoms with Crippen LogP contribution in [0.1, 0.15) is 23.2 Å². The molecule has 2 N–H and O–H groups in total. The number of aromatic nitrogens is 2. The Morgan fingerprint density at radius 3 is 2.76 bits per heavy atom. The lowest BCUT2D eigenvalue weighted by Gasteiger charge is -2.19. The van der Waals surface area contributed by atoms with Crippen LogP contribution in [0.2, 0.25) is 0 Å². The minimum Gasteiger partial charge on any atom is -0.507 e. The zero-order chi connectivity index (χ0) is 14.7. The maximum absolute atomic E-state index is 12.3. The Hall–Kier alpha value is -2.63. The van der Waals surface area contributed by atoms with Crippen molar-refractivity contribution >= 4 is 17.4 Å². The van der Waals surface area contributed by atoms with Crippen LogP contribution in [0.15, 0.2) is 36.8 Å². The first-order chi connectivity index (χ1) is 10.3. The van der Waals surface area contributed by atoms with Gasteiger partial charge in [-0.25, -0.2) is 9.97 Å². The fraction of sp³-hybridized carbons (Fsp3) is 0.267. The molecule has 6 nitrogen and oxygen atoms in total. The number of aromatic hydroxyl groups is 1. The van der Waals surface area contributed by atoms with Crippen molar-refractivity contribution in [3.8, 4) is 5.75 Å². The van der Waals surface area contributed by atoms with Crippen molar-refractivity contribution in [1.29, 1.82) is 0 Å². The molecule has 1 saturated heterocycles. The van der Waals surface area contributed by atoms with Gasteiger partial charge >= 0.3 is 0 Å².